The average Bonchev–Trinajstić information content (AvgIpc) is 3.31. The Morgan fingerprint density at radius 2 is 1.60 bits per heavy atom. The molecule has 0 amide bonds. The standard InChI is InChI=1S/C41H72N4O5/c1-27(2)13-10-14-30(38(48)49)36-32-25-34(47)37-39(5)17-16-33(45-24-12-23-44-21-9-8-20-43-22-11-19-42)28(3)31(39)15-18-40(37,6)41(32,7)26-35(36)50-29(4)46/h13,28,31-35,37,43-45,47H,8-12,14-26,42H2,1-7H3,(H,48,49)/b36-30-/t28-,31-,32-,33-,34+,35-,37-,39-,40-,41-/m0/s1. The molecule has 50 heavy (non-hydrogen) atoms. The quantitative estimate of drug-likeness (QED) is 0.0441. The molecular weight excluding hydrogens is 628 g/mol. The van der Waals surface area contributed by atoms with E-state index in [-0.39, 0.29) is 34.1 Å². The van der Waals surface area contributed by atoms with Crippen LogP contribution in [0.1, 0.15) is 126 Å². The van der Waals surface area contributed by atoms with Gasteiger partial charge < -0.3 is 36.6 Å². The first-order valence-electron chi connectivity index (χ1n) is 20.0. The monoisotopic (exact) mass is 701 g/mol. The topological polar surface area (TPSA) is 146 Å². The average molecular weight is 701 g/mol. The van der Waals surface area contributed by atoms with E-state index in [1.54, 1.807) is 0 Å². The molecule has 0 spiro atoms. The number of hydrogen-bond donors (Lipinski definition) is 6. The van der Waals surface area contributed by atoms with Crippen molar-refractivity contribution < 1.29 is 24.5 Å². The summed E-state index contributed by atoms with van der Waals surface area (Å²) in [6.07, 6.45) is 12.0. The molecule has 4 saturated carbocycles. The molecule has 10 atom stereocenters. The molecule has 7 N–H and O–H groups in total. The lowest BCUT2D eigenvalue weighted by atomic mass is 9.36. The number of carboxylic acid groups (broad SMARTS) is 1. The number of nitrogens with two attached hydrogens (primary N) is 1. The van der Waals surface area contributed by atoms with Crippen LogP contribution in [0.5, 0.6) is 0 Å². The van der Waals surface area contributed by atoms with Crippen molar-refractivity contribution in [2.75, 3.05) is 39.3 Å². The summed E-state index contributed by atoms with van der Waals surface area (Å²) in [4.78, 5) is 25.2. The summed E-state index contributed by atoms with van der Waals surface area (Å²) < 4.78 is 5.98. The number of hydrogen-bond acceptors (Lipinski definition) is 8. The number of allylic oxidation sites excluding steroid dienone is 2. The van der Waals surface area contributed by atoms with E-state index in [1.807, 2.05) is 13.8 Å². The van der Waals surface area contributed by atoms with E-state index in [4.69, 9.17) is 10.5 Å². The van der Waals surface area contributed by atoms with Gasteiger partial charge in [-0.2, -0.15) is 0 Å². The van der Waals surface area contributed by atoms with Gasteiger partial charge in [-0.3, -0.25) is 4.79 Å². The molecule has 0 radical (unpaired) electrons. The van der Waals surface area contributed by atoms with Gasteiger partial charge in [-0.15, -0.1) is 0 Å². The van der Waals surface area contributed by atoms with Crippen LogP contribution < -0.4 is 21.7 Å². The molecular formula is C41H72N4O5. The highest BCUT2D eigenvalue weighted by molar-refractivity contribution is 5.88. The van der Waals surface area contributed by atoms with Crippen LogP contribution >= 0.6 is 0 Å². The van der Waals surface area contributed by atoms with Crippen LogP contribution in [-0.4, -0.2) is 79.7 Å². The Kier molecular flexibility index (Phi) is 14.6. The van der Waals surface area contributed by atoms with E-state index in [9.17, 15) is 19.8 Å². The Morgan fingerprint density at radius 1 is 0.940 bits per heavy atom. The second-order valence-corrected chi connectivity index (χ2v) is 17.3. The minimum atomic E-state index is -0.932. The first-order chi connectivity index (χ1) is 23.7. The van der Waals surface area contributed by atoms with Crippen LogP contribution in [0.3, 0.4) is 0 Å². The molecule has 9 heteroatoms. The minimum Gasteiger partial charge on any atom is -0.478 e. The highest BCUT2D eigenvalue weighted by Crippen LogP contribution is 2.74. The van der Waals surface area contributed by atoms with Gasteiger partial charge in [-0.25, -0.2) is 4.79 Å². The summed E-state index contributed by atoms with van der Waals surface area (Å²) in [6.45, 7) is 21.0. The number of esters is 1. The molecule has 4 aliphatic rings. The first-order valence-corrected chi connectivity index (χ1v) is 20.0. The number of carboxylic acids is 1. The maximum atomic E-state index is 12.8. The van der Waals surface area contributed by atoms with E-state index in [1.165, 1.54) is 19.8 Å². The highest BCUT2D eigenvalue weighted by atomic mass is 16.5. The number of aliphatic carboxylic acids is 1. The highest BCUT2D eigenvalue weighted by Gasteiger charge is 2.70. The molecule has 0 unspecified atom stereocenters. The smallest absolute Gasteiger partial charge is 0.331 e. The molecule has 4 rings (SSSR count). The molecule has 0 bridgehead atoms. The maximum absolute atomic E-state index is 12.8. The summed E-state index contributed by atoms with van der Waals surface area (Å²) in [7, 11) is 0. The fourth-order valence-corrected chi connectivity index (χ4v) is 11.6. The molecule has 0 aliphatic heterocycles. The van der Waals surface area contributed by atoms with E-state index in [0.29, 0.717) is 49.1 Å². The largest absolute Gasteiger partial charge is 0.478 e. The number of carbonyl (C=O) groups excluding carboxylic acids is 1. The molecule has 4 aliphatic carbocycles. The van der Waals surface area contributed by atoms with Crippen molar-refractivity contribution in [1.82, 2.24) is 16.0 Å². The van der Waals surface area contributed by atoms with Crippen molar-refractivity contribution in [3.63, 3.8) is 0 Å². The van der Waals surface area contributed by atoms with Crippen molar-refractivity contribution in [3.8, 4) is 0 Å². The Labute approximate surface area is 303 Å². The van der Waals surface area contributed by atoms with Gasteiger partial charge in [-0.05, 0) is 176 Å². The zero-order chi connectivity index (χ0) is 36.7. The second-order valence-electron chi connectivity index (χ2n) is 17.3. The lowest BCUT2D eigenvalue weighted by Crippen LogP contribution is -2.66. The number of unbranched alkanes of at least 4 members (excludes halogenated alkanes) is 1. The number of rotatable bonds is 18. The number of aliphatic hydroxyl groups is 1. The van der Waals surface area contributed by atoms with Gasteiger partial charge in [0.15, 0.2) is 0 Å². The van der Waals surface area contributed by atoms with E-state index < -0.39 is 18.2 Å². The third kappa shape index (κ3) is 8.70. The third-order valence-electron chi connectivity index (χ3n) is 14.1. The normalized spacial score (nSPS) is 37.3. The molecule has 0 aromatic rings. The lowest BCUT2D eigenvalue weighted by molar-refractivity contribution is -0.227. The first kappa shape index (κ1) is 41.0. The molecule has 0 aromatic heterocycles. The minimum absolute atomic E-state index is 0.0127. The summed E-state index contributed by atoms with van der Waals surface area (Å²) in [5.41, 5.74) is 7.32. The predicted octanol–water partition coefficient (Wildman–Crippen LogP) is 5.96. The number of aliphatic hydroxyl groups excluding tert-OH is 1. The maximum Gasteiger partial charge on any atom is 0.331 e. The van der Waals surface area contributed by atoms with E-state index in [0.717, 1.165) is 88.9 Å². The van der Waals surface area contributed by atoms with Gasteiger partial charge in [0.25, 0.3) is 0 Å². The van der Waals surface area contributed by atoms with Crippen LogP contribution in [0.2, 0.25) is 0 Å². The number of nitrogens with one attached hydrogen (secondary N) is 3. The van der Waals surface area contributed by atoms with Crippen LogP contribution in [-0.2, 0) is 14.3 Å². The summed E-state index contributed by atoms with van der Waals surface area (Å²) in [6, 6.07) is 0.481. The van der Waals surface area contributed by atoms with Crippen molar-refractivity contribution in [3.05, 3.63) is 22.8 Å². The van der Waals surface area contributed by atoms with Gasteiger partial charge in [-0.1, -0.05) is 39.3 Å². The van der Waals surface area contributed by atoms with Crippen LogP contribution in [0.4, 0.5) is 0 Å². The van der Waals surface area contributed by atoms with Crippen molar-refractivity contribution in [1.29, 1.82) is 0 Å². The fraction of sp³-hybridized carbons (Fsp3) is 0.854. The molecule has 286 valence electrons. The molecule has 0 heterocycles. The zero-order valence-electron chi connectivity index (χ0n) is 32.5. The van der Waals surface area contributed by atoms with Crippen LogP contribution in [0.25, 0.3) is 0 Å². The summed E-state index contributed by atoms with van der Waals surface area (Å²) in [5.74, 6) is -0.314. The van der Waals surface area contributed by atoms with Crippen LogP contribution in [0.15, 0.2) is 22.8 Å². The van der Waals surface area contributed by atoms with Gasteiger partial charge >= 0.3 is 11.9 Å². The molecule has 0 saturated heterocycles. The van der Waals surface area contributed by atoms with Crippen molar-refractivity contribution >= 4 is 11.9 Å². The number of ether oxygens (including phenoxy) is 1. The fourth-order valence-electron chi connectivity index (χ4n) is 11.6. The predicted molar refractivity (Wildman–Crippen MR) is 202 cm³/mol. The van der Waals surface area contributed by atoms with Gasteiger partial charge in [0.05, 0.1) is 6.10 Å². The third-order valence-corrected chi connectivity index (χ3v) is 14.1. The molecule has 0 aromatic carbocycles. The molecule has 4 fully saturated rings. The van der Waals surface area contributed by atoms with E-state index >= 15 is 0 Å². The Morgan fingerprint density at radius 3 is 2.22 bits per heavy atom. The second kappa shape index (κ2) is 17.8. The summed E-state index contributed by atoms with van der Waals surface area (Å²) in [5, 5.41) is 33.7. The summed E-state index contributed by atoms with van der Waals surface area (Å²) >= 11 is 0. The Balaban J connectivity index is 1.43. The SMILES string of the molecule is CC(=O)O[C@H]1C[C@@]2(C)[C@@H](C[C@@H](O)[C@H]3[C@@]4(C)CC[C@H](NCCCNCCCCNCCCN)[C@@H](C)[C@@H]4CC[C@@]32C)/C1=C(\CCC=C(C)C)C(=O)O. The van der Waals surface area contributed by atoms with Crippen LogP contribution in [0, 0.1) is 39.9 Å². The zero-order valence-corrected chi connectivity index (χ0v) is 32.5. The lowest BCUT2D eigenvalue weighted by Gasteiger charge is -2.69. The van der Waals surface area contributed by atoms with Gasteiger partial charge in [0.2, 0.25) is 0 Å². The number of carbonyl (C=O) groups is 2. The Hall–Kier alpha value is -1.78. The van der Waals surface area contributed by atoms with E-state index in [2.05, 4.69) is 49.7 Å². The van der Waals surface area contributed by atoms with Gasteiger partial charge in [0.1, 0.15) is 6.10 Å². The van der Waals surface area contributed by atoms with Crippen molar-refractivity contribution in [2.45, 2.75) is 144 Å². The number of fused-ring (bicyclic) bond motifs is 5. The van der Waals surface area contributed by atoms with Crippen molar-refractivity contribution in [2.24, 2.45) is 45.7 Å². The Bertz CT molecular complexity index is 1220. The molecule has 9 nitrogen and oxygen atoms in total. The van der Waals surface area contributed by atoms with Gasteiger partial charge in [0, 0.05) is 18.5 Å².